The van der Waals surface area contributed by atoms with E-state index in [2.05, 4.69) is 91.0 Å². The van der Waals surface area contributed by atoms with Crippen LogP contribution in [0.25, 0.3) is 38.1 Å². The third-order valence-electron chi connectivity index (χ3n) is 7.39. The molecule has 0 fully saturated rings. The highest BCUT2D eigenvalue weighted by atomic mass is 16.1. The van der Waals surface area contributed by atoms with Crippen molar-refractivity contribution >= 4 is 38.1 Å². The molecule has 5 rings (SSSR count). The van der Waals surface area contributed by atoms with Gasteiger partial charge in [-0.2, -0.15) is 0 Å². The lowest BCUT2D eigenvalue weighted by Crippen LogP contribution is -2.19. The van der Waals surface area contributed by atoms with Crippen molar-refractivity contribution in [2.45, 2.75) is 78.6 Å². The summed E-state index contributed by atoms with van der Waals surface area (Å²) in [7, 11) is 0. The maximum absolute atomic E-state index is 14.0. The molecule has 0 radical (unpaired) electrons. The SMILES string of the molecule is CC(C)(C)c1ccc2c(c1)c(=O)c1cc(C(C)(C)C)cc3c(=O)c4cc(C(C)(C)C)ccc4n2c13. The molecule has 3 heteroatoms. The van der Waals surface area contributed by atoms with Crippen LogP contribution in [-0.4, -0.2) is 4.40 Å². The summed E-state index contributed by atoms with van der Waals surface area (Å²) in [6.45, 7) is 19.3. The highest BCUT2D eigenvalue weighted by molar-refractivity contribution is 6.08. The Labute approximate surface area is 206 Å². The van der Waals surface area contributed by atoms with Crippen molar-refractivity contribution in [3.8, 4) is 0 Å². The molecule has 0 N–H and O–H groups in total. The summed E-state index contributed by atoms with van der Waals surface area (Å²) in [5.41, 5.74) is 5.29. The standard InChI is InChI=1S/C32H35NO2/c1-30(2,3)18-10-12-25-21(14-18)28(34)23-16-20(32(7,8)9)17-24-27(23)33(25)26-13-11-19(31(4,5)6)15-22(26)29(24)35/h10-17H,1-9H3. The summed E-state index contributed by atoms with van der Waals surface area (Å²) < 4.78 is 2.14. The molecule has 0 aliphatic rings. The average Bonchev–Trinajstić information content (AvgIpc) is 2.75. The number of hydrogen-bond donors (Lipinski definition) is 0. The van der Waals surface area contributed by atoms with Crippen molar-refractivity contribution in [3.63, 3.8) is 0 Å². The van der Waals surface area contributed by atoms with Gasteiger partial charge < -0.3 is 4.40 Å². The van der Waals surface area contributed by atoms with Crippen molar-refractivity contribution in [1.82, 2.24) is 4.40 Å². The van der Waals surface area contributed by atoms with Crippen LogP contribution in [0, 0.1) is 0 Å². The van der Waals surface area contributed by atoms with Gasteiger partial charge in [-0.1, -0.05) is 74.4 Å². The monoisotopic (exact) mass is 465 g/mol. The van der Waals surface area contributed by atoms with Crippen LogP contribution in [0.1, 0.15) is 79.0 Å². The lowest BCUT2D eigenvalue weighted by atomic mass is 9.83. The molecule has 0 aliphatic heterocycles. The Kier molecular flexibility index (Phi) is 4.82. The molecule has 0 bridgehead atoms. The summed E-state index contributed by atoms with van der Waals surface area (Å²) in [5, 5.41) is 2.62. The van der Waals surface area contributed by atoms with Crippen LogP contribution in [0.3, 0.4) is 0 Å². The van der Waals surface area contributed by atoms with Gasteiger partial charge in [0.2, 0.25) is 0 Å². The summed E-state index contributed by atoms with van der Waals surface area (Å²) in [5.74, 6) is 0. The van der Waals surface area contributed by atoms with Gasteiger partial charge in [0.25, 0.3) is 0 Å². The minimum absolute atomic E-state index is 0.00717. The van der Waals surface area contributed by atoms with Gasteiger partial charge in [-0.15, -0.1) is 0 Å². The van der Waals surface area contributed by atoms with Gasteiger partial charge in [0.1, 0.15) is 0 Å². The van der Waals surface area contributed by atoms with E-state index < -0.39 is 0 Å². The molecule has 0 saturated heterocycles. The van der Waals surface area contributed by atoms with Crippen LogP contribution in [0.2, 0.25) is 0 Å². The van der Waals surface area contributed by atoms with Crippen LogP contribution in [0.4, 0.5) is 0 Å². The van der Waals surface area contributed by atoms with Gasteiger partial charge in [0, 0.05) is 21.5 Å². The van der Waals surface area contributed by atoms with Gasteiger partial charge in [0.15, 0.2) is 10.9 Å². The minimum Gasteiger partial charge on any atom is -0.308 e. The largest absolute Gasteiger partial charge is 0.308 e. The Bertz CT molecular complexity index is 1650. The third kappa shape index (κ3) is 3.55. The highest BCUT2D eigenvalue weighted by Crippen LogP contribution is 2.34. The van der Waals surface area contributed by atoms with Crippen LogP contribution in [0.5, 0.6) is 0 Å². The van der Waals surface area contributed by atoms with Gasteiger partial charge >= 0.3 is 0 Å². The van der Waals surface area contributed by atoms with Crippen molar-refractivity contribution in [3.05, 3.63) is 85.7 Å². The van der Waals surface area contributed by atoms with E-state index in [0.717, 1.165) is 33.2 Å². The number of rotatable bonds is 0. The molecular formula is C32H35NO2. The predicted molar refractivity (Wildman–Crippen MR) is 150 cm³/mol. The van der Waals surface area contributed by atoms with E-state index in [1.54, 1.807) is 0 Å². The fraction of sp³-hybridized carbons (Fsp3) is 0.375. The zero-order valence-electron chi connectivity index (χ0n) is 22.4. The van der Waals surface area contributed by atoms with E-state index in [-0.39, 0.29) is 27.1 Å². The Morgan fingerprint density at radius 2 is 0.829 bits per heavy atom. The first-order valence-electron chi connectivity index (χ1n) is 12.5. The minimum atomic E-state index is -0.196. The Morgan fingerprint density at radius 1 is 0.486 bits per heavy atom. The number of hydrogen-bond acceptors (Lipinski definition) is 2. The normalized spacial score (nSPS) is 13.5. The first-order chi connectivity index (χ1) is 16.1. The quantitative estimate of drug-likeness (QED) is 0.176. The predicted octanol–water partition coefficient (Wildman–Crippen LogP) is 7.45. The molecule has 0 unspecified atom stereocenters. The van der Waals surface area contributed by atoms with Gasteiger partial charge in [-0.05, 0) is 69.3 Å². The topological polar surface area (TPSA) is 38.5 Å². The van der Waals surface area contributed by atoms with E-state index in [1.165, 1.54) is 0 Å². The molecule has 0 aliphatic carbocycles. The van der Waals surface area contributed by atoms with E-state index in [1.807, 2.05) is 24.3 Å². The number of pyridine rings is 2. The lowest BCUT2D eigenvalue weighted by Gasteiger charge is -2.24. The number of aromatic nitrogens is 1. The van der Waals surface area contributed by atoms with Crippen LogP contribution in [-0.2, 0) is 16.2 Å². The van der Waals surface area contributed by atoms with E-state index in [0.29, 0.717) is 21.5 Å². The number of fused-ring (bicyclic) bond motifs is 4. The second-order valence-electron chi connectivity index (χ2n) is 13.1. The number of benzene rings is 3. The second kappa shape index (κ2) is 7.16. The Hall–Kier alpha value is -3.20. The Balaban J connectivity index is 2.12. The molecule has 0 amide bonds. The molecule has 0 saturated carbocycles. The molecule has 35 heavy (non-hydrogen) atoms. The maximum atomic E-state index is 14.0. The molecule has 0 spiro atoms. The third-order valence-corrected chi connectivity index (χ3v) is 7.39. The summed E-state index contributed by atoms with van der Waals surface area (Å²) >= 11 is 0. The van der Waals surface area contributed by atoms with Gasteiger partial charge in [0.05, 0.1) is 16.6 Å². The molecule has 2 heterocycles. The molecule has 3 aromatic carbocycles. The summed E-state index contributed by atoms with van der Waals surface area (Å²) in [4.78, 5) is 27.9. The highest BCUT2D eigenvalue weighted by Gasteiger charge is 2.24. The van der Waals surface area contributed by atoms with E-state index in [9.17, 15) is 9.59 Å². The van der Waals surface area contributed by atoms with Crippen LogP contribution in [0.15, 0.2) is 58.1 Å². The molecule has 2 aromatic heterocycles. The van der Waals surface area contributed by atoms with Crippen molar-refractivity contribution in [2.75, 3.05) is 0 Å². The molecule has 180 valence electrons. The van der Waals surface area contributed by atoms with Crippen LogP contribution < -0.4 is 10.9 Å². The fourth-order valence-electron chi connectivity index (χ4n) is 5.07. The van der Waals surface area contributed by atoms with E-state index >= 15 is 0 Å². The molecule has 0 atom stereocenters. The molecule has 5 aromatic rings. The summed E-state index contributed by atoms with van der Waals surface area (Å²) in [6, 6.07) is 16.4. The van der Waals surface area contributed by atoms with Gasteiger partial charge in [-0.3, -0.25) is 9.59 Å². The zero-order valence-corrected chi connectivity index (χ0v) is 22.4. The zero-order chi connectivity index (χ0) is 25.7. The second-order valence-corrected chi connectivity index (χ2v) is 13.1. The fourth-order valence-corrected chi connectivity index (χ4v) is 5.07. The van der Waals surface area contributed by atoms with E-state index in [4.69, 9.17) is 0 Å². The number of nitrogens with zero attached hydrogens (tertiary/aromatic N) is 1. The van der Waals surface area contributed by atoms with Crippen molar-refractivity contribution < 1.29 is 0 Å². The molecular weight excluding hydrogens is 430 g/mol. The first kappa shape index (κ1) is 23.5. The Morgan fingerprint density at radius 3 is 1.17 bits per heavy atom. The average molecular weight is 466 g/mol. The lowest BCUT2D eigenvalue weighted by molar-refractivity contribution is 0.591. The first-order valence-corrected chi connectivity index (χ1v) is 12.5. The maximum Gasteiger partial charge on any atom is 0.197 e. The van der Waals surface area contributed by atoms with Crippen molar-refractivity contribution in [2.24, 2.45) is 0 Å². The molecule has 3 nitrogen and oxygen atoms in total. The van der Waals surface area contributed by atoms with Crippen molar-refractivity contribution in [1.29, 1.82) is 0 Å². The summed E-state index contributed by atoms with van der Waals surface area (Å²) in [6.07, 6.45) is 0. The van der Waals surface area contributed by atoms with Crippen LogP contribution >= 0.6 is 0 Å². The van der Waals surface area contributed by atoms with Gasteiger partial charge in [-0.25, -0.2) is 0 Å². The smallest absolute Gasteiger partial charge is 0.197 e.